The lowest BCUT2D eigenvalue weighted by atomic mass is 9.78. The van der Waals surface area contributed by atoms with Crippen LogP contribution in [0, 0.1) is 5.41 Å². The van der Waals surface area contributed by atoms with Gasteiger partial charge in [0, 0.05) is 12.1 Å². The Labute approximate surface area is 274 Å². The van der Waals surface area contributed by atoms with Crippen molar-refractivity contribution in [1.82, 2.24) is 14.7 Å². The minimum atomic E-state index is -2.69. The molecule has 3 heterocycles. The number of alkyl halides is 2. The zero-order chi connectivity index (χ0) is 33.7. The number of hydrogen-bond acceptors (Lipinski definition) is 7. The van der Waals surface area contributed by atoms with E-state index in [1.165, 1.54) is 4.90 Å². The van der Waals surface area contributed by atoms with Gasteiger partial charge in [0.05, 0.1) is 48.4 Å². The Balaban J connectivity index is 1.47. The number of hydrogen-bond donors (Lipinski definition) is 1. The normalized spacial score (nSPS) is 24.4. The molecule has 2 fully saturated rings. The Morgan fingerprint density at radius 1 is 1.19 bits per heavy atom. The number of anilines is 1. The van der Waals surface area contributed by atoms with Crippen molar-refractivity contribution >= 4 is 22.8 Å². The molecule has 1 amide bonds. The monoisotopic (exact) mass is 650 g/mol. The van der Waals surface area contributed by atoms with Gasteiger partial charge >= 0.3 is 0 Å². The molecule has 1 aromatic carbocycles. The van der Waals surface area contributed by atoms with Gasteiger partial charge in [-0.2, -0.15) is 0 Å². The molecule has 1 saturated carbocycles. The molecule has 1 aliphatic heterocycles. The fourth-order valence-electron chi connectivity index (χ4n) is 6.14. The summed E-state index contributed by atoms with van der Waals surface area (Å²) in [7, 11) is 1.59. The molecule has 3 aromatic rings. The second-order valence-corrected chi connectivity index (χ2v) is 13.9. The molecule has 252 valence electrons. The van der Waals surface area contributed by atoms with E-state index >= 15 is 0 Å². The van der Waals surface area contributed by atoms with Gasteiger partial charge in [-0.15, -0.1) is 0 Å². The Kier molecular flexibility index (Phi) is 8.59. The average molecular weight is 651 g/mol. The van der Waals surface area contributed by atoms with Gasteiger partial charge in [-0.25, -0.2) is 13.8 Å². The first kappa shape index (κ1) is 33.0. The number of epoxide rings is 1. The van der Waals surface area contributed by atoms with Gasteiger partial charge in [-0.05, 0) is 97.1 Å². The number of ether oxygens (including phenoxy) is 4. The maximum atomic E-state index is 14.3. The highest BCUT2D eigenvalue weighted by Gasteiger charge is 2.63. The molecular formula is C36H44F2N4O5. The Bertz CT molecular complexity index is 1710. The third kappa shape index (κ3) is 6.73. The van der Waals surface area contributed by atoms with Crippen LogP contribution in [0.3, 0.4) is 0 Å². The number of carbonyl (C=O) groups is 1. The Hall–Kier alpha value is -3.96. The van der Waals surface area contributed by atoms with Crippen LogP contribution in [0.4, 0.5) is 14.5 Å². The zero-order valence-corrected chi connectivity index (χ0v) is 28.1. The first-order chi connectivity index (χ1) is 22.2. The van der Waals surface area contributed by atoms with E-state index in [1.807, 2.05) is 45.1 Å². The molecule has 2 aromatic heterocycles. The number of pyridine rings is 1. The van der Waals surface area contributed by atoms with Crippen LogP contribution < -0.4 is 19.7 Å². The highest BCUT2D eigenvalue weighted by molar-refractivity contribution is 5.88. The summed E-state index contributed by atoms with van der Waals surface area (Å²) in [6, 6.07) is 9.09. The van der Waals surface area contributed by atoms with Gasteiger partial charge in [0.2, 0.25) is 5.91 Å². The molecular weight excluding hydrogens is 606 g/mol. The van der Waals surface area contributed by atoms with Crippen molar-refractivity contribution in [3.63, 3.8) is 0 Å². The van der Waals surface area contributed by atoms with Gasteiger partial charge in [0.1, 0.15) is 23.4 Å². The van der Waals surface area contributed by atoms with Crippen molar-refractivity contribution in [3.8, 4) is 17.2 Å². The number of amides is 1. The SMILES string of the molecule is COc1ccc(Oc2cc(N(CC(F)F)C3(OC(C)(C)C)OC3C)c3ncc(C4=CCCC(C)(C(=O)NC5CC5)C(C)=C4)n3c2)cc1. The minimum Gasteiger partial charge on any atom is -0.497 e. The number of benzene rings is 1. The number of methoxy groups -OCH3 is 1. The summed E-state index contributed by atoms with van der Waals surface area (Å²) >= 11 is 0. The van der Waals surface area contributed by atoms with Crippen molar-refractivity contribution in [2.75, 3.05) is 18.6 Å². The van der Waals surface area contributed by atoms with Crippen LogP contribution in [0.1, 0.15) is 72.9 Å². The third-order valence-electron chi connectivity index (χ3n) is 9.06. The van der Waals surface area contributed by atoms with Crippen LogP contribution in [0.25, 0.3) is 11.2 Å². The predicted octanol–water partition coefficient (Wildman–Crippen LogP) is 7.50. The molecule has 0 radical (unpaired) electrons. The van der Waals surface area contributed by atoms with Gasteiger partial charge in [-0.3, -0.25) is 9.20 Å². The number of imidazole rings is 1. The van der Waals surface area contributed by atoms with E-state index in [1.54, 1.807) is 56.8 Å². The minimum absolute atomic E-state index is 0.0457. The number of allylic oxidation sites excluding steroid dienone is 3. The summed E-state index contributed by atoms with van der Waals surface area (Å²) in [4.78, 5) is 19.6. The maximum Gasteiger partial charge on any atom is 0.280 e. The maximum absolute atomic E-state index is 14.3. The van der Waals surface area contributed by atoms with Crippen LogP contribution in [-0.2, 0) is 14.3 Å². The number of nitrogens with zero attached hydrogens (tertiary/aromatic N) is 3. The summed E-state index contributed by atoms with van der Waals surface area (Å²) in [5.41, 5.74) is 2.03. The van der Waals surface area contributed by atoms with Crippen molar-refractivity contribution in [1.29, 1.82) is 0 Å². The van der Waals surface area contributed by atoms with Crippen LogP contribution in [-0.4, -0.2) is 59.0 Å². The molecule has 11 heteroatoms. The van der Waals surface area contributed by atoms with E-state index < -0.39 is 36.0 Å². The first-order valence-electron chi connectivity index (χ1n) is 16.2. The number of nitrogens with one attached hydrogen (secondary N) is 1. The molecule has 3 atom stereocenters. The molecule has 3 aliphatic rings. The number of halogens is 2. The molecule has 0 spiro atoms. The quantitative estimate of drug-likeness (QED) is 0.170. The van der Waals surface area contributed by atoms with Crippen molar-refractivity contribution in [2.24, 2.45) is 5.41 Å². The van der Waals surface area contributed by atoms with Gasteiger partial charge < -0.3 is 29.2 Å². The van der Waals surface area contributed by atoms with Crippen molar-refractivity contribution in [2.45, 2.75) is 97.3 Å². The summed E-state index contributed by atoms with van der Waals surface area (Å²) < 4.78 is 54.5. The lowest BCUT2D eigenvalue weighted by Crippen LogP contribution is -2.49. The number of aromatic nitrogens is 2. The number of fused-ring (bicyclic) bond motifs is 1. The number of carbonyl (C=O) groups excluding carboxylic acids is 1. The predicted molar refractivity (Wildman–Crippen MR) is 176 cm³/mol. The highest BCUT2D eigenvalue weighted by Crippen LogP contribution is 2.48. The lowest BCUT2D eigenvalue weighted by Gasteiger charge is -2.35. The van der Waals surface area contributed by atoms with Crippen LogP contribution in [0.5, 0.6) is 17.2 Å². The molecule has 6 rings (SSSR count). The van der Waals surface area contributed by atoms with Gasteiger partial charge in [0.15, 0.2) is 5.65 Å². The van der Waals surface area contributed by atoms with Crippen LogP contribution in [0.15, 0.2) is 60.5 Å². The van der Waals surface area contributed by atoms with Gasteiger partial charge in [0.25, 0.3) is 12.3 Å². The lowest BCUT2D eigenvalue weighted by molar-refractivity contribution is -0.131. The summed E-state index contributed by atoms with van der Waals surface area (Å²) in [5, 5.41) is 3.18. The topological polar surface area (TPSA) is 89.9 Å². The molecule has 0 bridgehead atoms. The van der Waals surface area contributed by atoms with E-state index in [0.29, 0.717) is 41.4 Å². The summed E-state index contributed by atoms with van der Waals surface area (Å²) in [6.45, 7) is 10.7. The summed E-state index contributed by atoms with van der Waals surface area (Å²) in [5.74, 6) is 0.240. The fraction of sp³-hybridized carbons (Fsp3) is 0.500. The first-order valence-corrected chi connectivity index (χ1v) is 16.2. The van der Waals surface area contributed by atoms with E-state index in [-0.39, 0.29) is 11.9 Å². The van der Waals surface area contributed by atoms with E-state index in [4.69, 9.17) is 23.9 Å². The van der Waals surface area contributed by atoms with E-state index in [2.05, 4.69) is 11.4 Å². The Morgan fingerprint density at radius 2 is 1.87 bits per heavy atom. The summed E-state index contributed by atoms with van der Waals surface area (Å²) in [6.07, 6.45) is 7.88. The van der Waals surface area contributed by atoms with Crippen molar-refractivity contribution < 1.29 is 32.5 Å². The number of rotatable bonds is 11. The van der Waals surface area contributed by atoms with Gasteiger partial charge in [-0.1, -0.05) is 17.7 Å². The molecule has 1 N–H and O–H groups in total. The molecule has 47 heavy (non-hydrogen) atoms. The van der Waals surface area contributed by atoms with Crippen LogP contribution >= 0.6 is 0 Å². The largest absolute Gasteiger partial charge is 0.497 e. The van der Waals surface area contributed by atoms with E-state index in [9.17, 15) is 13.6 Å². The molecule has 9 nitrogen and oxygen atoms in total. The molecule has 1 saturated heterocycles. The highest BCUT2D eigenvalue weighted by atomic mass is 19.3. The fourth-order valence-corrected chi connectivity index (χ4v) is 6.14. The smallest absolute Gasteiger partial charge is 0.280 e. The van der Waals surface area contributed by atoms with Crippen molar-refractivity contribution in [3.05, 3.63) is 66.1 Å². The molecule has 2 aliphatic carbocycles. The Morgan fingerprint density at radius 3 is 2.47 bits per heavy atom. The van der Waals surface area contributed by atoms with Crippen LogP contribution in [0.2, 0.25) is 0 Å². The van der Waals surface area contributed by atoms with E-state index in [0.717, 1.165) is 29.7 Å². The third-order valence-corrected chi connectivity index (χ3v) is 9.06. The second-order valence-electron chi connectivity index (χ2n) is 13.9. The zero-order valence-electron chi connectivity index (χ0n) is 28.1. The second kappa shape index (κ2) is 12.2. The molecule has 3 unspecified atom stereocenters. The average Bonchev–Trinajstić information content (AvgIpc) is 3.90. The standard InChI is InChI=1S/C36H44F2N4O5/c1-22-17-24(9-8-16-35(22,6)33(43)40-25-10-11-25)30-19-39-32-29(42(21-31(37)38)36(23(2)46-36)47-34(3,4)5)18-28(20-41(30)32)45-27-14-12-26(44-7)13-15-27/h9,12-15,17-20,23,25,31H,8,10-11,16,21H2,1-7H3,(H,40,43).